The molecule has 79 heavy (non-hydrogen) atoms. The van der Waals surface area contributed by atoms with Gasteiger partial charge in [-0.3, -0.25) is 9.59 Å². The average molecular weight is 1110 g/mol. The van der Waals surface area contributed by atoms with Crippen LogP contribution in [0.5, 0.6) is 5.75 Å². The summed E-state index contributed by atoms with van der Waals surface area (Å²) in [5, 5.41) is 6.34. The van der Waals surface area contributed by atoms with Crippen LogP contribution in [0.1, 0.15) is 427 Å². The Kier molecular flexibility index (Phi) is 60.3. The number of amides is 2. The molecule has 0 aliphatic rings. The van der Waals surface area contributed by atoms with E-state index in [1.165, 1.54) is 347 Å². The predicted octanol–water partition coefficient (Wildman–Crippen LogP) is 25.0. The molecule has 1 aromatic rings. The number of ether oxygens (including phenoxy) is 1. The van der Waals surface area contributed by atoms with E-state index < -0.39 is 0 Å². The number of rotatable bonds is 66. The van der Waals surface area contributed by atoms with E-state index in [1.54, 1.807) is 6.07 Å². The van der Waals surface area contributed by atoms with E-state index in [0.29, 0.717) is 36.6 Å². The van der Waals surface area contributed by atoms with Crippen molar-refractivity contribution in [3.8, 4) is 5.75 Å². The second-order valence-electron chi connectivity index (χ2n) is 25.2. The van der Waals surface area contributed by atoms with Crippen LogP contribution in [0.3, 0.4) is 0 Å². The molecule has 0 bridgehead atoms. The van der Waals surface area contributed by atoms with E-state index >= 15 is 0 Å². The number of benzene rings is 1. The van der Waals surface area contributed by atoms with Gasteiger partial charge < -0.3 is 15.4 Å². The maximum atomic E-state index is 13.5. The lowest BCUT2D eigenvalue weighted by atomic mass is 10.0. The van der Waals surface area contributed by atoms with Crippen LogP contribution >= 0.6 is 0 Å². The van der Waals surface area contributed by atoms with Gasteiger partial charge in [0.2, 0.25) is 0 Å². The summed E-state index contributed by atoms with van der Waals surface area (Å²) in [6.45, 7) is 8.83. The van der Waals surface area contributed by atoms with Gasteiger partial charge in [-0.25, -0.2) is 0 Å². The van der Waals surface area contributed by atoms with Gasteiger partial charge in [0, 0.05) is 18.7 Å². The predicted molar refractivity (Wildman–Crippen MR) is 351 cm³/mol. The minimum absolute atomic E-state index is 0.0727. The first-order valence-electron chi connectivity index (χ1n) is 36.5. The first-order chi connectivity index (χ1) is 39.1. The maximum absolute atomic E-state index is 13.5. The van der Waals surface area contributed by atoms with Crippen molar-refractivity contribution in [1.82, 2.24) is 10.6 Å². The molecule has 0 aliphatic carbocycles. The Bertz CT molecular complexity index is 1380. The number of nitrogens with one attached hydrogen (secondary N) is 2. The van der Waals surface area contributed by atoms with E-state index in [2.05, 4.69) is 31.4 Å². The quantitative estimate of drug-likeness (QED) is 0.0639. The Hall–Kier alpha value is -2.04. The minimum Gasteiger partial charge on any atom is -0.493 e. The zero-order chi connectivity index (χ0) is 56.7. The topological polar surface area (TPSA) is 67.4 Å². The fourth-order valence-corrected chi connectivity index (χ4v) is 11.9. The van der Waals surface area contributed by atoms with E-state index in [0.717, 1.165) is 38.5 Å². The summed E-state index contributed by atoms with van der Waals surface area (Å²) in [6.07, 6.45) is 82.1. The third-order valence-corrected chi connectivity index (χ3v) is 17.4. The van der Waals surface area contributed by atoms with Crippen molar-refractivity contribution in [3.63, 3.8) is 0 Å². The van der Waals surface area contributed by atoms with Gasteiger partial charge in [0.05, 0.1) is 12.2 Å². The van der Waals surface area contributed by atoms with Gasteiger partial charge in [0.15, 0.2) is 0 Å². The molecule has 1 rings (SSSR count). The van der Waals surface area contributed by atoms with Gasteiger partial charge in [-0.05, 0) is 37.5 Å². The molecule has 1 aromatic carbocycles. The summed E-state index contributed by atoms with van der Waals surface area (Å²) in [4.78, 5) is 26.8. The van der Waals surface area contributed by atoms with Crippen molar-refractivity contribution < 1.29 is 14.3 Å². The lowest BCUT2D eigenvalue weighted by Gasteiger charge is -2.14. The third-order valence-electron chi connectivity index (χ3n) is 17.4. The van der Waals surface area contributed by atoms with Gasteiger partial charge in [-0.2, -0.15) is 0 Å². The Labute approximate surface area is 495 Å². The Morgan fingerprint density at radius 3 is 0.747 bits per heavy atom. The molecule has 0 aliphatic heterocycles. The second kappa shape index (κ2) is 63.5. The van der Waals surface area contributed by atoms with E-state index in [9.17, 15) is 9.59 Å². The third kappa shape index (κ3) is 53.7. The summed E-state index contributed by atoms with van der Waals surface area (Å²) in [5.74, 6) is 0.380. The number of hydrogen-bond acceptors (Lipinski definition) is 3. The van der Waals surface area contributed by atoms with Crippen LogP contribution in [-0.2, 0) is 0 Å². The zero-order valence-corrected chi connectivity index (χ0v) is 54.0. The monoisotopic (exact) mass is 1110 g/mol. The molecule has 0 fully saturated rings. The number of hydrogen-bond donors (Lipinski definition) is 2. The van der Waals surface area contributed by atoms with Crippen molar-refractivity contribution in [3.05, 3.63) is 29.3 Å². The molecule has 0 unspecified atom stereocenters. The largest absolute Gasteiger partial charge is 0.493 e. The highest BCUT2D eigenvalue weighted by Gasteiger charge is 2.16. The first kappa shape index (κ1) is 75.0. The van der Waals surface area contributed by atoms with Crippen LogP contribution < -0.4 is 15.4 Å². The molecular weight excluding hydrogens is 965 g/mol. The van der Waals surface area contributed by atoms with Crippen molar-refractivity contribution in [2.45, 2.75) is 406 Å². The summed E-state index contributed by atoms with van der Waals surface area (Å²) in [7, 11) is 0. The van der Waals surface area contributed by atoms with Crippen molar-refractivity contribution in [2.75, 3.05) is 19.7 Å². The number of carbonyl (C=O) groups excluding carboxylic acids is 2. The Morgan fingerprint density at radius 2 is 0.494 bits per heavy atom. The van der Waals surface area contributed by atoms with Crippen LogP contribution in [0.15, 0.2) is 18.2 Å². The summed E-state index contributed by atoms with van der Waals surface area (Å²) < 4.78 is 6.32. The van der Waals surface area contributed by atoms with Crippen molar-refractivity contribution in [1.29, 1.82) is 0 Å². The summed E-state index contributed by atoms with van der Waals surface area (Å²) >= 11 is 0. The molecule has 0 spiro atoms. The van der Waals surface area contributed by atoms with Gasteiger partial charge in [0.25, 0.3) is 11.8 Å². The second-order valence-corrected chi connectivity index (χ2v) is 25.2. The lowest BCUT2D eigenvalue weighted by Crippen LogP contribution is -2.26. The fourth-order valence-electron chi connectivity index (χ4n) is 11.9. The minimum atomic E-state index is -0.0917. The smallest absolute Gasteiger partial charge is 0.255 e. The summed E-state index contributed by atoms with van der Waals surface area (Å²) in [5.41, 5.74) is 1.13. The average Bonchev–Trinajstić information content (AvgIpc) is 3.46. The molecule has 0 saturated carbocycles. The molecule has 0 saturated heterocycles. The SMILES string of the molecule is CCCCCCCCCCCCCCCCCCCCCCCCCCNC(=O)c1ccc(C(=O)NCCCCCCCCCCCCCCCCCCCCCCCCCC)c(OCCCCCCCCCCCCCC)c1. The summed E-state index contributed by atoms with van der Waals surface area (Å²) in [6, 6.07) is 5.43. The molecule has 464 valence electrons. The Morgan fingerprint density at radius 1 is 0.278 bits per heavy atom. The fraction of sp³-hybridized carbons (Fsp3) is 0.892. The molecule has 2 amide bonds. The van der Waals surface area contributed by atoms with Crippen LogP contribution in [-0.4, -0.2) is 31.5 Å². The lowest BCUT2D eigenvalue weighted by molar-refractivity contribution is 0.0937. The van der Waals surface area contributed by atoms with Crippen LogP contribution in [0, 0.1) is 0 Å². The van der Waals surface area contributed by atoms with E-state index in [4.69, 9.17) is 4.74 Å². The molecule has 5 nitrogen and oxygen atoms in total. The van der Waals surface area contributed by atoms with Gasteiger partial charge >= 0.3 is 0 Å². The van der Waals surface area contributed by atoms with Crippen LogP contribution in [0.25, 0.3) is 0 Å². The number of carbonyl (C=O) groups is 2. The highest BCUT2D eigenvalue weighted by molar-refractivity contribution is 6.00. The van der Waals surface area contributed by atoms with Gasteiger partial charge in [-0.15, -0.1) is 0 Å². The molecular formula is C74H140N2O3. The zero-order valence-electron chi connectivity index (χ0n) is 54.0. The van der Waals surface area contributed by atoms with Gasteiger partial charge in [-0.1, -0.05) is 387 Å². The Balaban J connectivity index is 2.23. The van der Waals surface area contributed by atoms with Crippen molar-refractivity contribution in [2.24, 2.45) is 0 Å². The standard InChI is InChI=1S/C74H140N2O3/c1-4-7-10-13-16-19-22-25-27-29-31-33-35-37-39-41-43-45-47-49-52-55-58-61-66-75-73(77)70-64-65-71(72(69-70)79-68-63-60-57-54-51-24-21-18-15-12-9-6-3)74(78)76-67-62-59-56-53-50-48-46-44-42-40-38-36-34-32-30-28-26-23-20-17-14-11-8-5-2/h64-65,69H,4-63,66-68H2,1-3H3,(H,75,77)(H,76,78). The molecule has 2 N–H and O–H groups in total. The molecule has 0 atom stereocenters. The molecule has 0 heterocycles. The maximum Gasteiger partial charge on any atom is 0.255 e. The molecule has 5 heteroatoms. The van der Waals surface area contributed by atoms with Crippen LogP contribution in [0.4, 0.5) is 0 Å². The van der Waals surface area contributed by atoms with E-state index in [-0.39, 0.29) is 11.8 Å². The first-order valence-corrected chi connectivity index (χ1v) is 36.5. The molecule has 0 radical (unpaired) electrons. The van der Waals surface area contributed by atoms with Gasteiger partial charge in [0.1, 0.15) is 5.75 Å². The van der Waals surface area contributed by atoms with Crippen molar-refractivity contribution >= 4 is 11.8 Å². The van der Waals surface area contributed by atoms with Crippen LogP contribution in [0.2, 0.25) is 0 Å². The molecule has 0 aromatic heterocycles. The number of unbranched alkanes of at least 4 members (excludes halogenated alkanes) is 57. The van der Waals surface area contributed by atoms with E-state index in [1.807, 2.05) is 12.1 Å². The highest BCUT2D eigenvalue weighted by Crippen LogP contribution is 2.23. The normalized spacial score (nSPS) is 11.5. The highest BCUT2D eigenvalue weighted by atomic mass is 16.5.